The van der Waals surface area contributed by atoms with Crippen molar-refractivity contribution in [2.45, 2.75) is 9.24 Å². The van der Waals surface area contributed by atoms with Gasteiger partial charge in [0, 0.05) is 10.6 Å². The Morgan fingerprint density at radius 2 is 1.81 bits per heavy atom. The molecule has 0 aliphatic heterocycles. The highest BCUT2D eigenvalue weighted by Gasteiger charge is 2.14. The van der Waals surface area contributed by atoms with Crippen molar-refractivity contribution in [1.29, 1.82) is 0 Å². The fourth-order valence-electron chi connectivity index (χ4n) is 1.40. The van der Waals surface area contributed by atoms with Gasteiger partial charge in [-0.15, -0.1) is 23.5 Å². The van der Waals surface area contributed by atoms with Gasteiger partial charge in [-0.3, -0.25) is 0 Å². The molecule has 0 amide bonds. The van der Waals surface area contributed by atoms with Crippen LogP contribution in [0.5, 0.6) is 0 Å². The normalized spacial score (nSPS) is 10.7. The lowest BCUT2D eigenvalue weighted by Gasteiger charge is -2.03. The predicted octanol–water partition coefficient (Wildman–Crippen LogP) is 4.91. The first-order valence-electron chi connectivity index (χ1n) is 4.60. The van der Waals surface area contributed by atoms with Gasteiger partial charge < -0.3 is 0 Å². The van der Waals surface area contributed by atoms with E-state index in [1.807, 2.05) is 24.3 Å². The van der Waals surface area contributed by atoms with Gasteiger partial charge in [0.2, 0.25) is 0 Å². The van der Waals surface area contributed by atoms with Crippen LogP contribution in [-0.2, 0) is 0 Å². The average Bonchev–Trinajstić information content (AvgIpc) is 2.73. The summed E-state index contributed by atoms with van der Waals surface area (Å²) < 4.78 is 5.71. The molecule has 0 unspecified atom stereocenters. The molecule has 0 aliphatic carbocycles. The molecular formula is C11H10ClNS3. The molecule has 1 aromatic heterocycles. The fourth-order valence-corrected chi connectivity index (χ4v) is 3.88. The van der Waals surface area contributed by atoms with Gasteiger partial charge in [0.1, 0.15) is 5.03 Å². The lowest BCUT2D eigenvalue weighted by Crippen LogP contribution is -1.79. The van der Waals surface area contributed by atoms with Crippen molar-refractivity contribution < 1.29 is 0 Å². The van der Waals surface area contributed by atoms with Gasteiger partial charge in [-0.25, -0.2) is 0 Å². The van der Waals surface area contributed by atoms with E-state index in [0.29, 0.717) is 0 Å². The zero-order valence-corrected chi connectivity index (χ0v) is 12.1. The van der Waals surface area contributed by atoms with E-state index in [9.17, 15) is 0 Å². The van der Waals surface area contributed by atoms with Crippen LogP contribution in [0.3, 0.4) is 0 Å². The van der Waals surface area contributed by atoms with Crippen LogP contribution < -0.4 is 0 Å². The lowest BCUT2D eigenvalue weighted by molar-refractivity contribution is 1.28. The number of nitrogens with zero attached hydrogens (tertiary/aromatic N) is 1. The summed E-state index contributed by atoms with van der Waals surface area (Å²) in [7, 11) is 0. The summed E-state index contributed by atoms with van der Waals surface area (Å²) in [5, 5.41) is 1.86. The molecule has 1 nitrogen and oxygen atoms in total. The van der Waals surface area contributed by atoms with E-state index in [1.54, 1.807) is 35.1 Å². The van der Waals surface area contributed by atoms with E-state index in [0.717, 1.165) is 10.0 Å². The average molecular weight is 288 g/mol. The minimum absolute atomic E-state index is 0.767. The van der Waals surface area contributed by atoms with Gasteiger partial charge in [-0.05, 0) is 41.7 Å². The molecule has 0 bridgehead atoms. The number of thioether (sulfide) groups is 2. The van der Waals surface area contributed by atoms with Gasteiger partial charge >= 0.3 is 0 Å². The maximum atomic E-state index is 5.90. The van der Waals surface area contributed by atoms with Gasteiger partial charge in [0.05, 0.1) is 4.21 Å². The van der Waals surface area contributed by atoms with Gasteiger partial charge in [-0.1, -0.05) is 23.7 Å². The number of rotatable bonds is 3. The third kappa shape index (κ3) is 2.40. The van der Waals surface area contributed by atoms with Crippen LogP contribution >= 0.6 is 46.7 Å². The number of hydrogen-bond acceptors (Lipinski definition) is 4. The first-order chi connectivity index (χ1) is 7.76. The molecular weight excluding hydrogens is 278 g/mol. The molecule has 0 aliphatic rings. The third-order valence-electron chi connectivity index (χ3n) is 2.14. The van der Waals surface area contributed by atoms with Crippen LogP contribution in [0.15, 0.2) is 33.5 Å². The summed E-state index contributed by atoms with van der Waals surface area (Å²) in [5.41, 5.74) is 2.42. The molecule has 0 N–H and O–H groups in total. The van der Waals surface area contributed by atoms with Crippen LogP contribution in [-0.4, -0.2) is 16.9 Å². The van der Waals surface area contributed by atoms with Crippen molar-refractivity contribution in [2.75, 3.05) is 12.5 Å². The van der Waals surface area contributed by atoms with Crippen molar-refractivity contribution in [2.24, 2.45) is 0 Å². The Labute approximate surface area is 113 Å². The van der Waals surface area contributed by atoms with Crippen LogP contribution in [0.1, 0.15) is 0 Å². The summed E-state index contributed by atoms with van der Waals surface area (Å²) in [5.74, 6) is 0. The Morgan fingerprint density at radius 1 is 1.12 bits per heavy atom. The molecule has 0 saturated heterocycles. The summed E-state index contributed by atoms with van der Waals surface area (Å²) in [4.78, 5) is 0. The fraction of sp³-hybridized carbons (Fsp3) is 0.182. The topological polar surface area (TPSA) is 12.9 Å². The van der Waals surface area contributed by atoms with Crippen molar-refractivity contribution in [1.82, 2.24) is 4.37 Å². The molecule has 84 valence electrons. The highest BCUT2D eigenvalue weighted by Crippen LogP contribution is 2.40. The van der Waals surface area contributed by atoms with Crippen LogP contribution in [0.4, 0.5) is 0 Å². The van der Waals surface area contributed by atoms with Crippen molar-refractivity contribution in [3.8, 4) is 11.1 Å². The number of halogens is 1. The van der Waals surface area contributed by atoms with Gasteiger partial charge in [0.15, 0.2) is 0 Å². The Kier molecular flexibility index (Phi) is 4.19. The Balaban J connectivity index is 2.52. The predicted molar refractivity (Wildman–Crippen MR) is 76.1 cm³/mol. The molecule has 1 aromatic carbocycles. The molecule has 1 heterocycles. The summed E-state index contributed by atoms with van der Waals surface area (Å²) >= 11 is 10.9. The second-order valence-electron chi connectivity index (χ2n) is 3.07. The molecule has 0 saturated carbocycles. The van der Waals surface area contributed by atoms with Crippen molar-refractivity contribution in [3.63, 3.8) is 0 Å². The molecule has 2 rings (SSSR count). The second kappa shape index (κ2) is 5.45. The van der Waals surface area contributed by atoms with E-state index >= 15 is 0 Å². The first kappa shape index (κ1) is 12.3. The van der Waals surface area contributed by atoms with Crippen LogP contribution in [0, 0.1) is 0 Å². The number of hydrogen-bond donors (Lipinski definition) is 0. The highest BCUT2D eigenvalue weighted by atomic mass is 35.5. The SMILES string of the molecule is CSc1nsc(SC)c1-c1ccc(Cl)cc1. The third-order valence-corrected chi connectivity index (χ3v) is 5.13. The molecule has 0 radical (unpaired) electrons. The molecule has 0 spiro atoms. The van der Waals surface area contributed by atoms with Crippen molar-refractivity contribution in [3.05, 3.63) is 29.3 Å². The number of aromatic nitrogens is 1. The standard InChI is InChI=1S/C11H10ClNS3/c1-14-10-9(11(15-2)16-13-10)7-3-5-8(12)6-4-7/h3-6H,1-2H3. The van der Waals surface area contributed by atoms with E-state index in [1.165, 1.54) is 15.3 Å². The summed E-state index contributed by atoms with van der Waals surface area (Å²) in [6, 6.07) is 7.93. The smallest absolute Gasteiger partial charge is 0.119 e. The van der Waals surface area contributed by atoms with E-state index < -0.39 is 0 Å². The maximum Gasteiger partial charge on any atom is 0.119 e. The Morgan fingerprint density at radius 3 is 2.38 bits per heavy atom. The molecule has 0 atom stereocenters. The van der Waals surface area contributed by atoms with E-state index in [2.05, 4.69) is 16.9 Å². The Bertz CT molecular complexity index is 457. The molecule has 0 fully saturated rings. The molecule has 2 aromatic rings. The van der Waals surface area contributed by atoms with Gasteiger partial charge in [0.25, 0.3) is 0 Å². The van der Waals surface area contributed by atoms with Crippen LogP contribution in [0.2, 0.25) is 5.02 Å². The van der Waals surface area contributed by atoms with E-state index in [-0.39, 0.29) is 0 Å². The van der Waals surface area contributed by atoms with Gasteiger partial charge in [-0.2, -0.15) is 4.37 Å². The summed E-state index contributed by atoms with van der Waals surface area (Å²) in [6.07, 6.45) is 4.13. The molecule has 5 heteroatoms. The minimum atomic E-state index is 0.767. The highest BCUT2D eigenvalue weighted by molar-refractivity contribution is 8.01. The summed E-state index contributed by atoms with van der Waals surface area (Å²) in [6.45, 7) is 0. The zero-order chi connectivity index (χ0) is 11.5. The minimum Gasteiger partial charge on any atom is -0.184 e. The number of benzene rings is 1. The van der Waals surface area contributed by atoms with Crippen LogP contribution in [0.25, 0.3) is 11.1 Å². The van der Waals surface area contributed by atoms with Crippen molar-refractivity contribution >= 4 is 46.7 Å². The first-order valence-corrected chi connectivity index (χ1v) is 8.20. The molecule has 16 heavy (non-hydrogen) atoms. The maximum absolute atomic E-state index is 5.90. The Hall–Kier alpha value is -0.160. The second-order valence-corrected chi connectivity index (χ2v) is 6.15. The monoisotopic (exact) mass is 287 g/mol. The quantitative estimate of drug-likeness (QED) is 0.745. The van der Waals surface area contributed by atoms with E-state index in [4.69, 9.17) is 11.6 Å². The zero-order valence-electron chi connectivity index (χ0n) is 8.86. The largest absolute Gasteiger partial charge is 0.184 e. The lowest BCUT2D eigenvalue weighted by atomic mass is 10.1.